The molecule has 0 unspecified atom stereocenters. The first-order valence-electron chi connectivity index (χ1n) is 6.89. The fourth-order valence-corrected chi connectivity index (χ4v) is 3.84. The second-order valence-corrected chi connectivity index (χ2v) is 7.31. The molecule has 6 nitrogen and oxygen atoms in total. The van der Waals surface area contributed by atoms with E-state index in [0.29, 0.717) is 13.1 Å². The first-order valence-corrected chi connectivity index (χ1v) is 8.50. The minimum atomic E-state index is -3.07. The third-order valence-corrected chi connectivity index (χ3v) is 5.79. The van der Waals surface area contributed by atoms with Gasteiger partial charge in [0.05, 0.1) is 17.3 Å². The molecule has 108 valence electrons. The van der Waals surface area contributed by atoms with Gasteiger partial charge in [0.1, 0.15) is 5.52 Å². The van der Waals surface area contributed by atoms with E-state index in [1.165, 1.54) is 0 Å². The maximum Gasteiger partial charge on any atom is 0.213 e. The molecule has 0 N–H and O–H groups in total. The summed E-state index contributed by atoms with van der Waals surface area (Å²) in [5.74, 6) is 0.171. The van der Waals surface area contributed by atoms with Crippen molar-refractivity contribution in [3.63, 3.8) is 0 Å². The molecule has 0 atom stereocenters. The highest BCUT2D eigenvalue weighted by Gasteiger charge is 2.28. The van der Waals surface area contributed by atoms with Crippen molar-refractivity contribution in [1.82, 2.24) is 19.3 Å². The molecule has 2 heterocycles. The van der Waals surface area contributed by atoms with Crippen LogP contribution in [0.1, 0.15) is 25.8 Å². The van der Waals surface area contributed by atoms with E-state index in [1.807, 2.05) is 28.9 Å². The molecule has 0 spiro atoms. The smallest absolute Gasteiger partial charge is 0.213 e. The summed E-state index contributed by atoms with van der Waals surface area (Å²) < 4.78 is 27.2. The van der Waals surface area contributed by atoms with Crippen molar-refractivity contribution in [2.24, 2.45) is 0 Å². The van der Waals surface area contributed by atoms with Gasteiger partial charge in [-0.1, -0.05) is 17.3 Å². The molecule has 1 aliphatic heterocycles. The van der Waals surface area contributed by atoms with Crippen LogP contribution in [0.3, 0.4) is 0 Å². The Morgan fingerprint density at radius 2 is 1.95 bits per heavy atom. The van der Waals surface area contributed by atoms with Crippen LogP contribution in [0.25, 0.3) is 11.0 Å². The van der Waals surface area contributed by atoms with Crippen LogP contribution in [0, 0.1) is 0 Å². The number of rotatable bonds is 3. The zero-order chi connectivity index (χ0) is 14.2. The van der Waals surface area contributed by atoms with E-state index in [-0.39, 0.29) is 11.8 Å². The van der Waals surface area contributed by atoms with E-state index < -0.39 is 10.0 Å². The number of hydrogen-bond donors (Lipinski definition) is 0. The van der Waals surface area contributed by atoms with Gasteiger partial charge in [0.15, 0.2) is 0 Å². The molecule has 3 rings (SSSR count). The first-order chi connectivity index (χ1) is 9.62. The summed E-state index contributed by atoms with van der Waals surface area (Å²) in [6, 6.07) is 8.09. The molecule has 1 fully saturated rings. The van der Waals surface area contributed by atoms with Gasteiger partial charge in [-0.3, -0.25) is 0 Å². The maximum absolute atomic E-state index is 11.9. The molecule has 0 aliphatic carbocycles. The molecular weight excluding hydrogens is 276 g/mol. The van der Waals surface area contributed by atoms with Gasteiger partial charge < -0.3 is 0 Å². The summed E-state index contributed by atoms with van der Waals surface area (Å²) >= 11 is 0. The molecule has 1 saturated heterocycles. The van der Waals surface area contributed by atoms with Crippen LogP contribution in [0.4, 0.5) is 0 Å². The van der Waals surface area contributed by atoms with E-state index in [1.54, 1.807) is 11.2 Å². The van der Waals surface area contributed by atoms with Crippen molar-refractivity contribution in [3.8, 4) is 0 Å². The first kappa shape index (κ1) is 13.5. The number of hydrogen-bond acceptors (Lipinski definition) is 4. The Bertz CT molecular complexity index is 702. The Balaban J connectivity index is 1.79. The minimum absolute atomic E-state index is 0.171. The highest BCUT2D eigenvalue weighted by molar-refractivity contribution is 7.89. The summed E-state index contributed by atoms with van der Waals surface area (Å²) in [5.41, 5.74) is 1.90. The van der Waals surface area contributed by atoms with E-state index in [0.717, 1.165) is 23.9 Å². The summed E-state index contributed by atoms with van der Waals surface area (Å²) in [6.45, 7) is 2.82. The largest absolute Gasteiger partial charge is 0.242 e. The Morgan fingerprint density at radius 3 is 2.65 bits per heavy atom. The topological polar surface area (TPSA) is 68.1 Å². The zero-order valence-electron chi connectivity index (χ0n) is 11.4. The van der Waals surface area contributed by atoms with Crippen LogP contribution in [0.5, 0.6) is 0 Å². The van der Waals surface area contributed by atoms with E-state index >= 15 is 0 Å². The average molecular weight is 294 g/mol. The van der Waals surface area contributed by atoms with Gasteiger partial charge in [-0.25, -0.2) is 17.4 Å². The number of sulfonamides is 1. The molecule has 0 amide bonds. The molecule has 0 bridgehead atoms. The Labute approximate surface area is 118 Å². The number of piperidine rings is 1. The Morgan fingerprint density at radius 1 is 1.25 bits per heavy atom. The number of benzene rings is 1. The fraction of sp³-hybridized carbons (Fsp3) is 0.538. The van der Waals surface area contributed by atoms with Gasteiger partial charge in [0, 0.05) is 13.1 Å². The van der Waals surface area contributed by atoms with Crippen LogP contribution in [0.15, 0.2) is 24.3 Å². The lowest BCUT2D eigenvalue weighted by molar-refractivity contribution is 0.263. The normalized spacial score (nSPS) is 18.6. The fourth-order valence-electron chi connectivity index (χ4n) is 2.70. The van der Waals surface area contributed by atoms with Gasteiger partial charge in [0.25, 0.3) is 0 Å². The maximum atomic E-state index is 11.9. The van der Waals surface area contributed by atoms with E-state index in [4.69, 9.17) is 0 Å². The number of nitrogens with zero attached hydrogens (tertiary/aromatic N) is 4. The molecule has 2 aromatic rings. The second-order valence-electron chi connectivity index (χ2n) is 5.05. The quantitative estimate of drug-likeness (QED) is 0.858. The van der Waals surface area contributed by atoms with E-state index in [9.17, 15) is 8.42 Å². The van der Waals surface area contributed by atoms with Crippen molar-refractivity contribution in [2.75, 3.05) is 18.8 Å². The van der Waals surface area contributed by atoms with Crippen LogP contribution in [0.2, 0.25) is 0 Å². The molecule has 20 heavy (non-hydrogen) atoms. The SMILES string of the molecule is CCS(=O)(=O)N1CCC(n2nnc3ccccc32)CC1. The summed E-state index contributed by atoms with van der Waals surface area (Å²) in [5, 5.41) is 8.38. The number of para-hydroxylation sites is 1. The van der Waals surface area contributed by atoms with Gasteiger partial charge in [-0.15, -0.1) is 5.10 Å². The Kier molecular flexibility index (Phi) is 3.47. The van der Waals surface area contributed by atoms with Crippen molar-refractivity contribution in [3.05, 3.63) is 24.3 Å². The minimum Gasteiger partial charge on any atom is -0.242 e. The van der Waals surface area contributed by atoms with Crippen LogP contribution in [-0.2, 0) is 10.0 Å². The van der Waals surface area contributed by atoms with Gasteiger partial charge in [-0.2, -0.15) is 0 Å². The van der Waals surface area contributed by atoms with Gasteiger partial charge in [-0.05, 0) is 31.9 Å². The van der Waals surface area contributed by atoms with Gasteiger partial charge in [0.2, 0.25) is 10.0 Å². The lowest BCUT2D eigenvalue weighted by Gasteiger charge is -2.31. The lowest BCUT2D eigenvalue weighted by Crippen LogP contribution is -2.39. The molecule has 1 aliphatic rings. The van der Waals surface area contributed by atoms with Crippen molar-refractivity contribution in [1.29, 1.82) is 0 Å². The number of aromatic nitrogens is 3. The lowest BCUT2D eigenvalue weighted by atomic mass is 10.1. The van der Waals surface area contributed by atoms with Crippen molar-refractivity contribution >= 4 is 21.1 Å². The average Bonchev–Trinajstić information content (AvgIpc) is 2.91. The highest BCUT2D eigenvalue weighted by atomic mass is 32.2. The second kappa shape index (κ2) is 5.14. The summed E-state index contributed by atoms with van der Waals surface area (Å²) in [4.78, 5) is 0. The third kappa shape index (κ3) is 2.31. The molecule has 0 saturated carbocycles. The van der Waals surface area contributed by atoms with Crippen molar-refractivity contribution < 1.29 is 8.42 Å². The van der Waals surface area contributed by atoms with Crippen LogP contribution < -0.4 is 0 Å². The summed E-state index contributed by atoms with van der Waals surface area (Å²) in [6.07, 6.45) is 1.57. The predicted octanol–water partition coefficient (Wildman–Crippen LogP) is 1.42. The highest BCUT2D eigenvalue weighted by Crippen LogP contribution is 2.26. The molecule has 0 radical (unpaired) electrons. The van der Waals surface area contributed by atoms with Gasteiger partial charge >= 0.3 is 0 Å². The predicted molar refractivity (Wildman–Crippen MR) is 76.8 cm³/mol. The molecule has 1 aromatic heterocycles. The van der Waals surface area contributed by atoms with Crippen molar-refractivity contribution in [2.45, 2.75) is 25.8 Å². The molecular formula is C13H18N4O2S. The molecule has 1 aromatic carbocycles. The standard InChI is InChI=1S/C13H18N4O2S/c1-2-20(18,19)16-9-7-11(8-10-16)17-13-6-4-3-5-12(13)14-15-17/h3-6,11H,2,7-10H2,1H3. The Hall–Kier alpha value is -1.47. The number of fused-ring (bicyclic) bond motifs is 1. The van der Waals surface area contributed by atoms with E-state index in [2.05, 4.69) is 10.3 Å². The molecule has 7 heteroatoms. The summed E-state index contributed by atoms with van der Waals surface area (Å²) in [7, 11) is -3.07. The third-order valence-electron chi connectivity index (χ3n) is 3.90. The zero-order valence-corrected chi connectivity index (χ0v) is 12.3. The van der Waals surface area contributed by atoms with Crippen LogP contribution in [-0.4, -0.2) is 46.6 Å². The monoisotopic (exact) mass is 294 g/mol. The van der Waals surface area contributed by atoms with Crippen LogP contribution >= 0.6 is 0 Å².